The number of halogens is 1. The van der Waals surface area contributed by atoms with Gasteiger partial charge in [0.15, 0.2) is 0 Å². The Bertz CT molecular complexity index is 666. The molecule has 1 aromatic carbocycles. The monoisotopic (exact) mass is 348 g/mol. The Kier molecular flexibility index (Phi) is 5.19. The average Bonchev–Trinajstić information content (AvgIpc) is 2.75. The van der Waals surface area contributed by atoms with Gasteiger partial charge in [0.25, 0.3) is 11.8 Å². The maximum atomic E-state index is 12.3. The molecule has 1 aliphatic carbocycles. The Labute approximate surface area is 146 Å². The summed E-state index contributed by atoms with van der Waals surface area (Å²) in [7, 11) is 0. The fourth-order valence-corrected chi connectivity index (χ4v) is 3.58. The third-order valence-corrected chi connectivity index (χ3v) is 4.95. The minimum Gasteiger partial charge on any atom is -0.353 e. The summed E-state index contributed by atoms with van der Waals surface area (Å²) in [6.45, 7) is 0.0997. The highest BCUT2D eigenvalue weighted by Gasteiger charge is 2.35. The summed E-state index contributed by atoms with van der Waals surface area (Å²) in [5.74, 6) is -0.829. The molecule has 24 heavy (non-hydrogen) atoms. The zero-order chi connectivity index (χ0) is 17.1. The van der Waals surface area contributed by atoms with E-state index in [-0.39, 0.29) is 36.7 Å². The topological polar surface area (TPSA) is 66.5 Å². The van der Waals surface area contributed by atoms with Crippen molar-refractivity contribution in [3.05, 3.63) is 34.3 Å². The lowest BCUT2D eigenvalue weighted by atomic mass is 10.1. The van der Waals surface area contributed by atoms with Crippen molar-refractivity contribution in [2.75, 3.05) is 6.54 Å². The highest BCUT2D eigenvalue weighted by molar-refractivity contribution is 6.32. The summed E-state index contributed by atoms with van der Waals surface area (Å²) in [6.07, 6.45) is 6.90. The van der Waals surface area contributed by atoms with Crippen molar-refractivity contribution in [3.63, 3.8) is 0 Å². The molecule has 3 rings (SSSR count). The fourth-order valence-electron chi connectivity index (χ4n) is 3.40. The van der Waals surface area contributed by atoms with E-state index in [1.54, 1.807) is 12.1 Å². The molecule has 1 fully saturated rings. The van der Waals surface area contributed by atoms with Crippen LogP contribution in [0.5, 0.6) is 0 Å². The SMILES string of the molecule is O=C(CCN1C(=O)c2ccc(Cl)cc2C1=O)NC1CCCCCC1. The van der Waals surface area contributed by atoms with Gasteiger partial charge in [-0.25, -0.2) is 0 Å². The third-order valence-electron chi connectivity index (χ3n) is 4.72. The van der Waals surface area contributed by atoms with Crippen molar-refractivity contribution in [1.29, 1.82) is 0 Å². The van der Waals surface area contributed by atoms with E-state index in [0.717, 1.165) is 30.6 Å². The number of carbonyl (C=O) groups excluding carboxylic acids is 3. The molecule has 6 heteroatoms. The molecule has 2 aliphatic rings. The normalized spacial score (nSPS) is 18.5. The van der Waals surface area contributed by atoms with Gasteiger partial charge < -0.3 is 5.32 Å². The van der Waals surface area contributed by atoms with E-state index in [0.29, 0.717) is 16.1 Å². The summed E-state index contributed by atoms with van der Waals surface area (Å²) >= 11 is 5.89. The molecule has 3 amide bonds. The number of rotatable bonds is 4. The first kappa shape index (κ1) is 17.0. The molecule has 1 saturated carbocycles. The van der Waals surface area contributed by atoms with Crippen LogP contribution in [0.2, 0.25) is 5.02 Å². The lowest BCUT2D eigenvalue weighted by Crippen LogP contribution is -2.38. The van der Waals surface area contributed by atoms with Crippen LogP contribution in [0, 0.1) is 0 Å². The van der Waals surface area contributed by atoms with Gasteiger partial charge in [0.2, 0.25) is 5.91 Å². The summed E-state index contributed by atoms with van der Waals surface area (Å²) in [4.78, 5) is 37.9. The van der Waals surface area contributed by atoms with E-state index >= 15 is 0 Å². The molecular formula is C18H21ClN2O3. The fraction of sp³-hybridized carbons (Fsp3) is 0.500. The molecule has 0 bridgehead atoms. The number of carbonyl (C=O) groups is 3. The number of nitrogens with one attached hydrogen (secondary N) is 1. The van der Waals surface area contributed by atoms with Crippen LogP contribution in [-0.2, 0) is 4.79 Å². The first-order valence-electron chi connectivity index (χ1n) is 8.51. The van der Waals surface area contributed by atoms with Gasteiger partial charge in [-0.1, -0.05) is 37.3 Å². The van der Waals surface area contributed by atoms with Gasteiger partial charge in [-0.3, -0.25) is 19.3 Å². The van der Waals surface area contributed by atoms with Gasteiger partial charge >= 0.3 is 0 Å². The Balaban J connectivity index is 1.56. The van der Waals surface area contributed by atoms with Crippen LogP contribution in [0.1, 0.15) is 65.7 Å². The van der Waals surface area contributed by atoms with E-state index < -0.39 is 0 Å². The number of imide groups is 1. The van der Waals surface area contributed by atoms with Crippen LogP contribution in [-0.4, -0.2) is 35.2 Å². The van der Waals surface area contributed by atoms with Gasteiger partial charge in [-0.15, -0.1) is 0 Å². The average molecular weight is 349 g/mol. The van der Waals surface area contributed by atoms with Gasteiger partial charge in [0, 0.05) is 24.0 Å². The van der Waals surface area contributed by atoms with E-state index in [2.05, 4.69) is 5.32 Å². The van der Waals surface area contributed by atoms with Crippen LogP contribution in [0.3, 0.4) is 0 Å². The van der Waals surface area contributed by atoms with E-state index in [1.165, 1.54) is 18.9 Å². The highest BCUT2D eigenvalue weighted by Crippen LogP contribution is 2.26. The molecule has 1 aromatic rings. The van der Waals surface area contributed by atoms with E-state index in [9.17, 15) is 14.4 Å². The van der Waals surface area contributed by atoms with Crippen LogP contribution >= 0.6 is 11.6 Å². The van der Waals surface area contributed by atoms with Gasteiger partial charge in [-0.2, -0.15) is 0 Å². The van der Waals surface area contributed by atoms with Crippen molar-refractivity contribution >= 4 is 29.3 Å². The van der Waals surface area contributed by atoms with Crippen LogP contribution < -0.4 is 5.32 Å². The second kappa shape index (κ2) is 7.34. The number of hydrogen-bond donors (Lipinski definition) is 1. The lowest BCUT2D eigenvalue weighted by molar-refractivity contribution is -0.121. The second-order valence-electron chi connectivity index (χ2n) is 6.46. The van der Waals surface area contributed by atoms with Gasteiger partial charge in [-0.05, 0) is 31.0 Å². The summed E-state index contributed by atoms with van der Waals surface area (Å²) in [5.41, 5.74) is 0.672. The highest BCUT2D eigenvalue weighted by atomic mass is 35.5. The second-order valence-corrected chi connectivity index (χ2v) is 6.89. The Morgan fingerprint density at radius 3 is 2.46 bits per heavy atom. The smallest absolute Gasteiger partial charge is 0.261 e. The van der Waals surface area contributed by atoms with E-state index in [4.69, 9.17) is 11.6 Å². The third kappa shape index (κ3) is 3.61. The number of amides is 3. The molecule has 0 spiro atoms. The van der Waals surface area contributed by atoms with Crippen molar-refractivity contribution in [1.82, 2.24) is 10.2 Å². The predicted octanol–water partition coefficient (Wildman–Crippen LogP) is 3.17. The maximum absolute atomic E-state index is 12.3. The standard InChI is InChI=1S/C18H21ClN2O3/c19-12-7-8-14-15(11-12)18(24)21(17(14)23)10-9-16(22)20-13-5-3-1-2-4-6-13/h7-8,11,13H,1-6,9-10H2,(H,20,22). The van der Waals surface area contributed by atoms with Crippen LogP contribution in [0.25, 0.3) is 0 Å². The molecule has 1 N–H and O–H groups in total. The summed E-state index contributed by atoms with van der Waals surface area (Å²) in [5, 5.41) is 3.45. The number of hydrogen-bond acceptors (Lipinski definition) is 3. The Morgan fingerprint density at radius 1 is 1.08 bits per heavy atom. The van der Waals surface area contributed by atoms with Gasteiger partial charge in [0.1, 0.15) is 0 Å². The zero-order valence-corrected chi connectivity index (χ0v) is 14.3. The first-order valence-corrected chi connectivity index (χ1v) is 8.89. The molecule has 1 heterocycles. The lowest BCUT2D eigenvalue weighted by Gasteiger charge is -2.18. The zero-order valence-electron chi connectivity index (χ0n) is 13.5. The summed E-state index contributed by atoms with van der Waals surface area (Å²) in [6, 6.07) is 4.88. The predicted molar refractivity (Wildman–Crippen MR) is 91.1 cm³/mol. The minimum absolute atomic E-state index is 0.0997. The van der Waals surface area contributed by atoms with Crippen molar-refractivity contribution in [2.24, 2.45) is 0 Å². The molecule has 0 aromatic heterocycles. The molecule has 1 aliphatic heterocycles. The Hall–Kier alpha value is -1.88. The molecule has 0 atom stereocenters. The van der Waals surface area contributed by atoms with Crippen LogP contribution in [0.4, 0.5) is 0 Å². The Morgan fingerprint density at radius 2 is 1.75 bits per heavy atom. The van der Waals surface area contributed by atoms with Crippen molar-refractivity contribution in [2.45, 2.75) is 51.0 Å². The number of benzene rings is 1. The number of nitrogens with zero attached hydrogens (tertiary/aromatic N) is 1. The molecular weight excluding hydrogens is 328 g/mol. The van der Waals surface area contributed by atoms with Crippen molar-refractivity contribution < 1.29 is 14.4 Å². The first-order chi connectivity index (χ1) is 11.6. The minimum atomic E-state index is -0.375. The summed E-state index contributed by atoms with van der Waals surface area (Å²) < 4.78 is 0. The van der Waals surface area contributed by atoms with E-state index in [1.807, 2.05) is 0 Å². The molecule has 0 saturated heterocycles. The maximum Gasteiger partial charge on any atom is 0.261 e. The van der Waals surface area contributed by atoms with Crippen LogP contribution in [0.15, 0.2) is 18.2 Å². The van der Waals surface area contributed by atoms with Gasteiger partial charge in [0.05, 0.1) is 11.1 Å². The molecule has 128 valence electrons. The quantitative estimate of drug-likeness (QED) is 0.671. The largest absolute Gasteiger partial charge is 0.353 e. The van der Waals surface area contributed by atoms with Crippen molar-refractivity contribution in [3.8, 4) is 0 Å². The molecule has 5 nitrogen and oxygen atoms in total. The number of fused-ring (bicyclic) bond motifs is 1. The molecule has 0 radical (unpaired) electrons. The molecule has 0 unspecified atom stereocenters.